The highest BCUT2D eigenvalue weighted by molar-refractivity contribution is 5.20. The van der Waals surface area contributed by atoms with Crippen molar-refractivity contribution in [2.75, 3.05) is 26.4 Å². The Labute approximate surface area is 143 Å². The lowest BCUT2D eigenvalue weighted by Gasteiger charge is -2.14. The molecular formula is C18H28N2O4. The molecule has 24 heavy (non-hydrogen) atoms. The summed E-state index contributed by atoms with van der Waals surface area (Å²) in [6.07, 6.45) is 4.46. The molecule has 0 aliphatic carbocycles. The molecule has 0 saturated carbocycles. The monoisotopic (exact) mass is 336 g/mol. The van der Waals surface area contributed by atoms with Gasteiger partial charge in [0.1, 0.15) is 12.2 Å². The van der Waals surface area contributed by atoms with Crippen LogP contribution in [0.2, 0.25) is 0 Å². The van der Waals surface area contributed by atoms with Crippen LogP contribution in [0.4, 0.5) is 0 Å². The average molecular weight is 336 g/mol. The summed E-state index contributed by atoms with van der Waals surface area (Å²) in [5.41, 5.74) is 4.01. The molecule has 1 aromatic rings. The van der Waals surface area contributed by atoms with E-state index in [1.54, 1.807) is 0 Å². The first-order valence-corrected chi connectivity index (χ1v) is 9.06. The molecule has 0 radical (unpaired) electrons. The van der Waals surface area contributed by atoms with Crippen LogP contribution in [0.3, 0.4) is 0 Å². The Balaban J connectivity index is 1.67. The third-order valence-electron chi connectivity index (χ3n) is 4.07. The van der Waals surface area contributed by atoms with Gasteiger partial charge in [-0.2, -0.15) is 0 Å². The summed E-state index contributed by atoms with van der Waals surface area (Å²) < 4.78 is 21.9. The van der Waals surface area contributed by atoms with E-state index in [2.05, 4.69) is 13.8 Å². The quantitative estimate of drug-likeness (QED) is 0.545. The van der Waals surface area contributed by atoms with Gasteiger partial charge in [0, 0.05) is 0 Å². The number of aromatic nitrogens is 2. The summed E-state index contributed by atoms with van der Waals surface area (Å²) in [4.78, 5) is 9.74. The van der Waals surface area contributed by atoms with Crippen LogP contribution < -0.4 is 0 Å². The van der Waals surface area contributed by atoms with Crippen molar-refractivity contribution < 1.29 is 18.9 Å². The molecule has 1 aromatic heterocycles. The van der Waals surface area contributed by atoms with Gasteiger partial charge in [-0.1, -0.05) is 26.7 Å². The van der Waals surface area contributed by atoms with Gasteiger partial charge in [-0.3, -0.25) is 9.97 Å². The second kappa shape index (κ2) is 8.85. The highest BCUT2D eigenvalue weighted by Gasteiger charge is 2.24. The predicted octanol–water partition coefficient (Wildman–Crippen LogP) is 2.21. The molecule has 2 fully saturated rings. The van der Waals surface area contributed by atoms with Crippen molar-refractivity contribution in [2.45, 2.75) is 65.0 Å². The van der Waals surface area contributed by atoms with Crippen molar-refractivity contribution in [1.82, 2.24) is 9.97 Å². The van der Waals surface area contributed by atoms with Gasteiger partial charge in [-0.15, -0.1) is 0 Å². The number of epoxide rings is 2. The van der Waals surface area contributed by atoms with Gasteiger partial charge in [0.2, 0.25) is 0 Å². The molecule has 3 heterocycles. The fourth-order valence-electron chi connectivity index (χ4n) is 2.59. The van der Waals surface area contributed by atoms with Crippen molar-refractivity contribution in [1.29, 1.82) is 0 Å². The van der Waals surface area contributed by atoms with E-state index in [1.807, 2.05) is 0 Å². The smallest absolute Gasteiger partial charge is 0.104 e. The summed E-state index contributed by atoms with van der Waals surface area (Å²) in [6, 6.07) is 0. The largest absolute Gasteiger partial charge is 0.372 e. The first kappa shape index (κ1) is 17.7. The molecule has 2 atom stereocenters. The zero-order valence-corrected chi connectivity index (χ0v) is 14.8. The maximum atomic E-state index is 5.75. The van der Waals surface area contributed by atoms with Crippen molar-refractivity contribution >= 4 is 0 Å². The number of ether oxygens (including phenoxy) is 4. The van der Waals surface area contributed by atoms with Crippen molar-refractivity contribution in [3.63, 3.8) is 0 Å². The Hall–Kier alpha value is -1.08. The van der Waals surface area contributed by atoms with Crippen LogP contribution in [0.1, 0.15) is 49.5 Å². The lowest BCUT2D eigenvalue weighted by Crippen LogP contribution is -2.14. The first-order chi connectivity index (χ1) is 11.8. The molecule has 6 nitrogen and oxygen atoms in total. The number of hydrogen-bond donors (Lipinski definition) is 0. The van der Waals surface area contributed by atoms with E-state index in [0.29, 0.717) is 26.4 Å². The number of rotatable bonds is 12. The fourth-order valence-corrected chi connectivity index (χ4v) is 2.59. The molecule has 0 aromatic carbocycles. The van der Waals surface area contributed by atoms with E-state index in [4.69, 9.17) is 28.9 Å². The molecule has 0 amide bonds. The molecule has 2 aliphatic heterocycles. The van der Waals surface area contributed by atoms with E-state index < -0.39 is 0 Å². The van der Waals surface area contributed by atoms with Gasteiger partial charge in [-0.05, 0) is 12.8 Å². The Morgan fingerprint density at radius 1 is 0.792 bits per heavy atom. The van der Waals surface area contributed by atoms with E-state index in [9.17, 15) is 0 Å². The SMILES string of the molecule is CCCc1nc(COCC2CO2)c(CCC)nc1COCC1CO1. The third-order valence-corrected chi connectivity index (χ3v) is 4.07. The lowest BCUT2D eigenvalue weighted by atomic mass is 10.1. The fraction of sp³-hybridized carbons (Fsp3) is 0.778. The molecule has 0 spiro atoms. The highest BCUT2D eigenvalue weighted by Crippen LogP contribution is 2.17. The van der Waals surface area contributed by atoms with Crippen molar-refractivity contribution in [3.05, 3.63) is 22.8 Å². The Bertz CT molecular complexity index is 482. The van der Waals surface area contributed by atoms with Gasteiger partial charge in [-0.25, -0.2) is 0 Å². The van der Waals surface area contributed by atoms with E-state index >= 15 is 0 Å². The van der Waals surface area contributed by atoms with Crippen molar-refractivity contribution in [3.8, 4) is 0 Å². The second-order valence-electron chi connectivity index (χ2n) is 6.45. The van der Waals surface area contributed by atoms with Crippen molar-refractivity contribution in [2.24, 2.45) is 0 Å². The van der Waals surface area contributed by atoms with Crippen LogP contribution in [0, 0.1) is 0 Å². The van der Waals surface area contributed by atoms with E-state index in [-0.39, 0.29) is 12.2 Å². The summed E-state index contributed by atoms with van der Waals surface area (Å²) in [5, 5.41) is 0. The Morgan fingerprint density at radius 3 is 1.54 bits per heavy atom. The maximum absolute atomic E-state index is 5.75. The number of nitrogens with zero attached hydrogens (tertiary/aromatic N) is 2. The molecule has 2 unspecified atom stereocenters. The van der Waals surface area contributed by atoms with Crippen LogP contribution in [0.5, 0.6) is 0 Å². The average Bonchev–Trinajstić information content (AvgIpc) is 3.45. The molecule has 134 valence electrons. The molecule has 0 bridgehead atoms. The molecule has 3 rings (SSSR count). The van der Waals surface area contributed by atoms with Gasteiger partial charge in [0.15, 0.2) is 0 Å². The highest BCUT2D eigenvalue weighted by atomic mass is 16.6. The summed E-state index contributed by atoms with van der Waals surface area (Å²) in [6.45, 7) is 8.25. The Morgan fingerprint density at radius 2 is 1.21 bits per heavy atom. The summed E-state index contributed by atoms with van der Waals surface area (Å²) in [5.74, 6) is 0. The van der Waals surface area contributed by atoms with E-state index in [1.165, 1.54) is 0 Å². The lowest BCUT2D eigenvalue weighted by molar-refractivity contribution is 0.0970. The number of hydrogen-bond acceptors (Lipinski definition) is 6. The molecule has 0 N–H and O–H groups in total. The standard InChI is InChI=1S/C18H28N2O4/c1-3-5-15-17(11-21-7-13-9-23-13)20-16(6-4-2)18(19-15)12-22-8-14-10-24-14/h13-14H,3-12H2,1-2H3. The van der Waals surface area contributed by atoms with Gasteiger partial charge < -0.3 is 18.9 Å². The Kier molecular flexibility index (Phi) is 6.54. The van der Waals surface area contributed by atoms with Crippen LogP contribution in [0.15, 0.2) is 0 Å². The van der Waals surface area contributed by atoms with Gasteiger partial charge in [0.25, 0.3) is 0 Å². The van der Waals surface area contributed by atoms with Gasteiger partial charge in [0.05, 0.1) is 62.4 Å². The minimum Gasteiger partial charge on any atom is -0.372 e. The minimum absolute atomic E-state index is 0.278. The number of aryl methyl sites for hydroxylation is 2. The van der Waals surface area contributed by atoms with Crippen LogP contribution in [0.25, 0.3) is 0 Å². The molecule has 6 heteroatoms. The minimum atomic E-state index is 0.278. The zero-order chi connectivity index (χ0) is 16.8. The van der Waals surface area contributed by atoms with Gasteiger partial charge >= 0.3 is 0 Å². The maximum Gasteiger partial charge on any atom is 0.104 e. The second-order valence-corrected chi connectivity index (χ2v) is 6.45. The van der Waals surface area contributed by atoms with Crippen LogP contribution >= 0.6 is 0 Å². The summed E-state index contributed by atoms with van der Waals surface area (Å²) in [7, 11) is 0. The molecule has 2 saturated heterocycles. The topological polar surface area (TPSA) is 69.3 Å². The zero-order valence-electron chi connectivity index (χ0n) is 14.8. The van der Waals surface area contributed by atoms with Crippen LogP contribution in [-0.2, 0) is 45.0 Å². The molecule has 2 aliphatic rings. The predicted molar refractivity (Wildman–Crippen MR) is 88.8 cm³/mol. The first-order valence-electron chi connectivity index (χ1n) is 9.06. The van der Waals surface area contributed by atoms with Crippen LogP contribution in [-0.4, -0.2) is 48.6 Å². The van der Waals surface area contributed by atoms with E-state index in [0.717, 1.165) is 61.7 Å². The summed E-state index contributed by atoms with van der Waals surface area (Å²) >= 11 is 0. The molecular weight excluding hydrogens is 308 g/mol. The third kappa shape index (κ3) is 5.48. The normalized spacial score (nSPS) is 21.9.